The van der Waals surface area contributed by atoms with Crippen molar-refractivity contribution < 1.29 is 19.1 Å². The average molecular weight is 328 g/mol. The summed E-state index contributed by atoms with van der Waals surface area (Å²) in [4.78, 5) is 26.9. The van der Waals surface area contributed by atoms with Crippen LogP contribution in [0.3, 0.4) is 0 Å². The number of benzene rings is 2. The van der Waals surface area contributed by atoms with E-state index in [1.807, 2.05) is 0 Å². The van der Waals surface area contributed by atoms with Gasteiger partial charge in [-0.1, -0.05) is 12.1 Å². The Bertz CT molecular complexity index is 761. The van der Waals surface area contributed by atoms with Gasteiger partial charge < -0.3 is 10.0 Å². The number of hydrogen-bond donors (Lipinski definition) is 1. The van der Waals surface area contributed by atoms with Crippen molar-refractivity contribution in [2.75, 3.05) is 18.0 Å². The molecular formula is C18H17FN2O3. The Morgan fingerprint density at radius 2 is 1.88 bits per heavy atom. The minimum absolute atomic E-state index is 0.159. The van der Waals surface area contributed by atoms with Crippen LogP contribution in [0.15, 0.2) is 48.5 Å². The van der Waals surface area contributed by atoms with Crippen molar-refractivity contribution in [1.29, 1.82) is 0 Å². The molecule has 6 heteroatoms. The van der Waals surface area contributed by atoms with Gasteiger partial charge in [0, 0.05) is 25.3 Å². The highest BCUT2D eigenvalue weighted by Gasteiger charge is 2.26. The third-order valence-electron chi connectivity index (χ3n) is 4.00. The highest BCUT2D eigenvalue weighted by Crippen LogP contribution is 2.22. The summed E-state index contributed by atoms with van der Waals surface area (Å²) in [7, 11) is 0. The zero-order valence-corrected chi connectivity index (χ0v) is 13.0. The summed E-state index contributed by atoms with van der Waals surface area (Å²) in [5.74, 6) is -1.32. The molecule has 0 aromatic heterocycles. The predicted molar refractivity (Wildman–Crippen MR) is 87.6 cm³/mol. The SMILES string of the molecule is O=C(O)c1ccc(N2CCCN(Cc3cccc(F)c3)C2=O)cc1. The van der Waals surface area contributed by atoms with Crippen LogP contribution in [0.5, 0.6) is 0 Å². The summed E-state index contributed by atoms with van der Waals surface area (Å²) in [5, 5.41) is 8.95. The van der Waals surface area contributed by atoms with E-state index < -0.39 is 5.97 Å². The molecule has 1 N–H and O–H groups in total. The number of halogens is 1. The van der Waals surface area contributed by atoms with Crippen molar-refractivity contribution in [3.05, 3.63) is 65.5 Å². The number of nitrogens with zero attached hydrogens (tertiary/aromatic N) is 2. The molecule has 5 nitrogen and oxygen atoms in total. The minimum atomic E-state index is -1.00. The van der Waals surface area contributed by atoms with Gasteiger partial charge in [0.15, 0.2) is 0 Å². The molecule has 0 bridgehead atoms. The van der Waals surface area contributed by atoms with Gasteiger partial charge >= 0.3 is 12.0 Å². The van der Waals surface area contributed by atoms with Gasteiger partial charge in [0.05, 0.1) is 5.56 Å². The average Bonchev–Trinajstić information content (AvgIpc) is 2.57. The van der Waals surface area contributed by atoms with Crippen molar-refractivity contribution in [1.82, 2.24) is 4.90 Å². The van der Waals surface area contributed by atoms with E-state index in [0.717, 1.165) is 12.0 Å². The van der Waals surface area contributed by atoms with Gasteiger partial charge in [0.1, 0.15) is 5.82 Å². The zero-order valence-electron chi connectivity index (χ0n) is 13.0. The number of amides is 2. The second-order valence-corrected chi connectivity index (χ2v) is 5.69. The smallest absolute Gasteiger partial charge is 0.335 e. The van der Waals surface area contributed by atoms with Gasteiger partial charge in [-0.25, -0.2) is 14.0 Å². The van der Waals surface area contributed by atoms with Crippen LogP contribution >= 0.6 is 0 Å². The van der Waals surface area contributed by atoms with Crippen LogP contribution in [-0.4, -0.2) is 35.1 Å². The van der Waals surface area contributed by atoms with E-state index in [4.69, 9.17) is 5.11 Å². The second-order valence-electron chi connectivity index (χ2n) is 5.69. The molecule has 2 amide bonds. The molecular weight excluding hydrogens is 311 g/mol. The zero-order chi connectivity index (χ0) is 17.1. The van der Waals surface area contributed by atoms with E-state index in [9.17, 15) is 14.0 Å². The van der Waals surface area contributed by atoms with Gasteiger partial charge in [-0.15, -0.1) is 0 Å². The van der Waals surface area contributed by atoms with Crippen molar-refractivity contribution in [3.63, 3.8) is 0 Å². The Hall–Kier alpha value is -2.89. The van der Waals surface area contributed by atoms with Gasteiger partial charge in [-0.05, 0) is 48.4 Å². The Labute approximate surface area is 138 Å². The molecule has 0 aliphatic carbocycles. The maximum atomic E-state index is 13.3. The second kappa shape index (κ2) is 6.70. The summed E-state index contributed by atoms with van der Waals surface area (Å²) in [6.07, 6.45) is 0.793. The lowest BCUT2D eigenvalue weighted by molar-refractivity contribution is 0.0697. The molecule has 0 radical (unpaired) electrons. The topological polar surface area (TPSA) is 60.9 Å². The molecule has 0 spiro atoms. The number of carboxylic acid groups (broad SMARTS) is 1. The molecule has 124 valence electrons. The van der Waals surface area contributed by atoms with Crippen LogP contribution < -0.4 is 4.90 Å². The molecule has 24 heavy (non-hydrogen) atoms. The van der Waals surface area contributed by atoms with Gasteiger partial charge in [-0.2, -0.15) is 0 Å². The molecule has 1 aliphatic rings. The van der Waals surface area contributed by atoms with E-state index in [0.29, 0.717) is 25.3 Å². The van der Waals surface area contributed by atoms with Crippen LogP contribution in [0.1, 0.15) is 22.3 Å². The number of carbonyl (C=O) groups excluding carboxylic acids is 1. The fourth-order valence-corrected chi connectivity index (χ4v) is 2.81. The fourth-order valence-electron chi connectivity index (χ4n) is 2.81. The number of anilines is 1. The molecule has 0 atom stereocenters. The molecule has 1 heterocycles. The molecule has 3 rings (SSSR count). The van der Waals surface area contributed by atoms with Crippen molar-refractivity contribution in [2.24, 2.45) is 0 Å². The summed E-state index contributed by atoms with van der Waals surface area (Å²) in [5.41, 5.74) is 1.58. The highest BCUT2D eigenvalue weighted by molar-refractivity contribution is 5.94. The standard InChI is InChI=1S/C18H17FN2O3/c19-15-4-1-3-13(11-15)12-20-9-2-10-21(18(20)24)16-7-5-14(6-8-16)17(22)23/h1,3-8,11H,2,9-10,12H2,(H,22,23). The number of aromatic carboxylic acids is 1. The summed E-state index contributed by atoms with van der Waals surface area (Å²) >= 11 is 0. The van der Waals surface area contributed by atoms with E-state index in [1.54, 1.807) is 34.1 Å². The molecule has 1 aliphatic heterocycles. The molecule has 0 unspecified atom stereocenters. The third kappa shape index (κ3) is 3.37. The van der Waals surface area contributed by atoms with Crippen molar-refractivity contribution in [3.8, 4) is 0 Å². The van der Waals surface area contributed by atoms with E-state index >= 15 is 0 Å². The molecule has 1 saturated heterocycles. The summed E-state index contributed by atoms with van der Waals surface area (Å²) < 4.78 is 13.3. The Balaban J connectivity index is 1.76. The maximum Gasteiger partial charge on any atom is 0.335 e. The number of rotatable bonds is 4. The number of carbonyl (C=O) groups is 2. The Morgan fingerprint density at radius 1 is 1.12 bits per heavy atom. The van der Waals surface area contributed by atoms with Gasteiger partial charge in [-0.3, -0.25) is 4.90 Å². The third-order valence-corrected chi connectivity index (χ3v) is 4.00. The van der Waals surface area contributed by atoms with Crippen LogP contribution in [0, 0.1) is 5.82 Å². The molecule has 1 fully saturated rings. The van der Waals surface area contributed by atoms with Gasteiger partial charge in [0.2, 0.25) is 0 Å². The highest BCUT2D eigenvalue weighted by atomic mass is 19.1. The van der Waals surface area contributed by atoms with Crippen LogP contribution in [0.4, 0.5) is 14.9 Å². The number of hydrogen-bond acceptors (Lipinski definition) is 2. The van der Waals surface area contributed by atoms with E-state index in [-0.39, 0.29) is 17.4 Å². The van der Waals surface area contributed by atoms with Crippen molar-refractivity contribution >= 4 is 17.7 Å². The monoisotopic (exact) mass is 328 g/mol. The van der Waals surface area contributed by atoms with Crippen LogP contribution in [0.25, 0.3) is 0 Å². The lowest BCUT2D eigenvalue weighted by Gasteiger charge is -2.35. The lowest BCUT2D eigenvalue weighted by atomic mass is 10.1. The molecule has 2 aromatic rings. The fraction of sp³-hybridized carbons (Fsp3) is 0.222. The minimum Gasteiger partial charge on any atom is -0.478 e. The molecule has 0 saturated carbocycles. The Morgan fingerprint density at radius 3 is 2.54 bits per heavy atom. The quantitative estimate of drug-likeness (QED) is 0.936. The van der Waals surface area contributed by atoms with Crippen LogP contribution in [0.2, 0.25) is 0 Å². The first-order chi connectivity index (χ1) is 11.5. The number of urea groups is 1. The van der Waals surface area contributed by atoms with E-state index in [1.165, 1.54) is 24.3 Å². The van der Waals surface area contributed by atoms with E-state index in [2.05, 4.69) is 0 Å². The first kappa shape index (κ1) is 16.0. The lowest BCUT2D eigenvalue weighted by Crippen LogP contribution is -2.49. The first-order valence-corrected chi connectivity index (χ1v) is 7.69. The summed E-state index contributed by atoms with van der Waals surface area (Å²) in [6.45, 7) is 1.53. The van der Waals surface area contributed by atoms with Gasteiger partial charge in [0.25, 0.3) is 0 Å². The van der Waals surface area contributed by atoms with Crippen LogP contribution in [-0.2, 0) is 6.54 Å². The molecule has 2 aromatic carbocycles. The summed E-state index contributed by atoms with van der Waals surface area (Å²) in [6, 6.07) is 12.3. The predicted octanol–water partition coefficient (Wildman–Crippen LogP) is 3.36. The largest absolute Gasteiger partial charge is 0.478 e. The normalized spacial score (nSPS) is 14.8. The van der Waals surface area contributed by atoms with Crippen molar-refractivity contribution in [2.45, 2.75) is 13.0 Å². The Kier molecular flexibility index (Phi) is 4.46. The number of carboxylic acids is 1. The maximum absolute atomic E-state index is 13.3. The first-order valence-electron chi connectivity index (χ1n) is 7.69.